The van der Waals surface area contributed by atoms with Gasteiger partial charge in [0, 0.05) is 5.56 Å². The van der Waals surface area contributed by atoms with Gasteiger partial charge in [0.2, 0.25) is 9.84 Å². The summed E-state index contributed by atoms with van der Waals surface area (Å²) in [6.45, 7) is 0. The summed E-state index contributed by atoms with van der Waals surface area (Å²) in [6, 6.07) is 14.8. The Kier molecular flexibility index (Phi) is 3.19. The van der Waals surface area contributed by atoms with Crippen molar-refractivity contribution < 1.29 is 12.8 Å². The highest BCUT2D eigenvalue weighted by Crippen LogP contribution is 2.31. The molecular weight excluding hydrogens is 253 g/mol. The lowest BCUT2D eigenvalue weighted by atomic mass is 10.2. The minimum absolute atomic E-state index is 0.0890. The molecule has 0 saturated heterocycles. The first-order valence-corrected chi connectivity index (χ1v) is 6.77. The Morgan fingerprint density at radius 1 is 0.889 bits per heavy atom. The zero-order valence-electron chi connectivity index (χ0n) is 9.45. The third kappa shape index (κ3) is 2.02. The van der Waals surface area contributed by atoms with E-state index >= 15 is 0 Å². The number of rotatable bonds is 3. The van der Waals surface area contributed by atoms with Crippen molar-refractivity contribution in [2.24, 2.45) is 5.73 Å². The number of sulfone groups is 1. The molecule has 94 valence electrons. The lowest BCUT2D eigenvalue weighted by molar-refractivity contribution is 0.281. The van der Waals surface area contributed by atoms with Crippen LogP contribution in [0.2, 0.25) is 0 Å². The predicted octanol–water partition coefficient (Wildman–Crippen LogP) is 2.20. The first-order chi connectivity index (χ1) is 8.46. The topological polar surface area (TPSA) is 60.2 Å². The van der Waals surface area contributed by atoms with Crippen LogP contribution in [0.3, 0.4) is 0 Å². The first-order valence-electron chi connectivity index (χ1n) is 5.29. The van der Waals surface area contributed by atoms with Gasteiger partial charge in [-0.2, -0.15) is 0 Å². The molecule has 2 rings (SSSR count). The molecule has 0 aromatic heterocycles. The lowest BCUT2D eigenvalue weighted by Gasteiger charge is -2.20. The molecule has 2 aromatic carbocycles. The van der Waals surface area contributed by atoms with E-state index in [0.717, 1.165) is 0 Å². The van der Waals surface area contributed by atoms with Gasteiger partial charge in [0.1, 0.15) is 0 Å². The van der Waals surface area contributed by atoms with E-state index in [1.807, 2.05) is 0 Å². The van der Waals surface area contributed by atoms with Crippen LogP contribution in [-0.4, -0.2) is 8.42 Å². The summed E-state index contributed by atoms with van der Waals surface area (Å²) < 4.78 is 38.8. The Bertz CT molecular complexity index is 625. The quantitative estimate of drug-likeness (QED) is 0.865. The molecule has 1 atom stereocenters. The first kappa shape index (κ1) is 12.7. The second kappa shape index (κ2) is 4.51. The number of alkyl halides is 1. The molecule has 5 heteroatoms. The van der Waals surface area contributed by atoms with Gasteiger partial charge < -0.3 is 0 Å². The zero-order valence-corrected chi connectivity index (χ0v) is 10.3. The highest BCUT2D eigenvalue weighted by Gasteiger charge is 2.43. The van der Waals surface area contributed by atoms with Crippen molar-refractivity contribution in [1.29, 1.82) is 0 Å². The maximum atomic E-state index is 14.5. The van der Waals surface area contributed by atoms with Gasteiger partial charge in [-0.25, -0.2) is 12.8 Å². The van der Waals surface area contributed by atoms with E-state index in [9.17, 15) is 12.8 Å². The number of halogens is 1. The van der Waals surface area contributed by atoms with E-state index in [1.54, 1.807) is 12.1 Å². The Hall–Kier alpha value is -1.72. The molecule has 0 radical (unpaired) electrons. The van der Waals surface area contributed by atoms with Crippen LogP contribution in [0.1, 0.15) is 5.56 Å². The van der Waals surface area contributed by atoms with E-state index in [4.69, 9.17) is 5.73 Å². The molecule has 0 heterocycles. The zero-order chi connectivity index (χ0) is 13.2. The van der Waals surface area contributed by atoms with Gasteiger partial charge in [-0.05, 0) is 12.1 Å². The van der Waals surface area contributed by atoms with Crippen LogP contribution in [0.5, 0.6) is 0 Å². The maximum Gasteiger partial charge on any atom is 0.290 e. The third-order valence-electron chi connectivity index (χ3n) is 2.61. The fourth-order valence-electron chi connectivity index (χ4n) is 1.59. The summed E-state index contributed by atoms with van der Waals surface area (Å²) >= 11 is 0. The minimum Gasteiger partial charge on any atom is -0.282 e. The van der Waals surface area contributed by atoms with E-state index < -0.39 is 15.0 Å². The van der Waals surface area contributed by atoms with Gasteiger partial charge in [-0.15, -0.1) is 0 Å². The normalized spacial score (nSPS) is 15.0. The summed E-state index contributed by atoms with van der Waals surface area (Å²) in [5.74, 6) is 0. The average Bonchev–Trinajstić information content (AvgIpc) is 2.40. The summed E-state index contributed by atoms with van der Waals surface area (Å²) in [5, 5.41) is -2.93. The molecule has 0 aliphatic heterocycles. The highest BCUT2D eigenvalue weighted by atomic mass is 32.2. The maximum absolute atomic E-state index is 14.5. The number of nitrogens with two attached hydrogens (primary N) is 1. The molecule has 2 N–H and O–H groups in total. The monoisotopic (exact) mass is 265 g/mol. The second-order valence-electron chi connectivity index (χ2n) is 3.83. The lowest BCUT2D eigenvalue weighted by Crippen LogP contribution is -2.40. The van der Waals surface area contributed by atoms with Crippen LogP contribution < -0.4 is 5.73 Å². The van der Waals surface area contributed by atoms with Crippen LogP contribution in [0, 0.1) is 0 Å². The van der Waals surface area contributed by atoms with Crippen LogP contribution in [0.4, 0.5) is 4.39 Å². The summed E-state index contributed by atoms with van der Waals surface area (Å²) in [5.41, 5.74) is 5.30. The van der Waals surface area contributed by atoms with Gasteiger partial charge in [-0.3, -0.25) is 5.73 Å². The van der Waals surface area contributed by atoms with Crippen molar-refractivity contribution in [3.05, 3.63) is 66.2 Å². The fraction of sp³-hybridized carbons (Fsp3) is 0.0769. The number of hydrogen-bond donors (Lipinski definition) is 1. The summed E-state index contributed by atoms with van der Waals surface area (Å²) in [7, 11) is -4.28. The van der Waals surface area contributed by atoms with Crippen molar-refractivity contribution in [3.8, 4) is 0 Å². The van der Waals surface area contributed by atoms with Crippen molar-refractivity contribution in [2.45, 2.75) is 10.0 Å². The van der Waals surface area contributed by atoms with Crippen LogP contribution in [0.25, 0.3) is 0 Å². The minimum atomic E-state index is -4.28. The molecule has 0 fully saturated rings. The molecule has 0 spiro atoms. The Morgan fingerprint density at radius 3 is 1.83 bits per heavy atom. The molecular formula is C13H12FNO2S. The highest BCUT2D eigenvalue weighted by molar-refractivity contribution is 7.92. The Labute approximate surface area is 105 Å². The van der Waals surface area contributed by atoms with Crippen LogP contribution in [-0.2, 0) is 15.0 Å². The predicted molar refractivity (Wildman–Crippen MR) is 67.0 cm³/mol. The van der Waals surface area contributed by atoms with Gasteiger partial charge >= 0.3 is 0 Å². The fourth-order valence-corrected chi connectivity index (χ4v) is 2.90. The van der Waals surface area contributed by atoms with E-state index in [1.165, 1.54) is 48.5 Å². The van der Waals surface area contributed by atoms with Crippen molar-refractivity contribution in [1.82, 2.24) is 0 Å². The third-order valence-corrected chi connectivity index (χ3v) is 4.52. The largest absolute Gasteiger partial charge is 0.290 e. The van der Waals surface area contributed by atoms with Crippen molar-refractivity contribution in [3.63, 3.8) is 0 Å². The van der Waals surface area contributed by atoms with E-state index in [0.29, 0.717) is 0 Å². The molecule has 0 saturated carbocycles. The summed E-state index contributed by atoms with van der Waals surface area (Å²) in [4.78, 5) is -0.140. The molecule has 0 bridgehead atoms. The molecule has 1 unspecified atom stereocenters. The molecule has 0 aliphatic carbocycles. The Morgan fingerprint density at radius 2 is 1.33 bits per heavy atom. The van der Waals surface area contributed by atoms with Crippen molar-refractivity contribution >= 4 is 9.84 Å². The molecule has 3 nitrogen and oxygen atoms in total. The Balaban J connectivity index is 2.55. The molecule has 0 amide bonds. The number of benzene rings is 2. The summed E-state index contributed by atoms with van der Waals surface area (Å²) in [6.07, 6.45) is 0. The molecule has 2 aromatic rings. The standard InChI is InChI=1S/C13H12FNO2S/c14-13(15,11-7-3-1-4-8-11)18(16,17)12-9-5-2-6-10-12/h1-10H,15H2. The van der Waals surface area contributed by atoms with Crippen LogP contribution >= 0.6 is 0 Å². The van der Waals surface area contributed by atoms with Gasteiger partial charge in [0.15, 0.2) is 0 Å². The van der Waals surface area contributed by atoms with Crippen molar-refractivity contribution in [2.75, 3.05) is 0 Å². The SMILES string of the molecule is NC(F)(c1ccccc1)S(=O)(=O)c1ccccc1. The molecule has 18 heavy (non-hydrogen) atoms. The van der Waals surface area contributed by atoms with E-state index in [-0.39, 0.29) is 10.5 Å². The van der Waals surface area contributed by atoms with Gasteiger partial charge in [-0.1, -0.05) is 48.5 Å². The van der Waals surface area contributed by atoms with Gasteiger partial charge in [0.05, 0.1) is 4.90 Å². The van der Waals surface area contributed by atoms with E-state index in [2.05, 4.69) is 0 Å². The second-order valence-corrected chi connectivity index (χ2v) is 5.90. The number of hydrogen-bond acceptors (Lipinski definition) is 3. The smallest absolute Gasteiger partial charge is 0.282 e. The van der Waals surface area contributed by atoms with Gasteiger partial charge in [0.25, 0.3) is 5.12 Å². The van der Waals surface area contributed by atoms with Crippen LogP contribution in [0.15, 0.2) is 65.6 Å². The molecule has 0 aliphatic rings. The average molecular weight is 265 g/mol.